The van der Waals surface area contributed by atoms with Crippen molar-refractivity contribution in [1.29, 1.82) is 0 Å². The molecule has 2 rings (SSSR count). The number of pyridine rings is 1. The van der Waals surface area contributed by atoms with Crippen molar-refractivity contribution in [3.05, 3.63) is 24.4 Å². The fourth-order valence-electron chi connectivity index (χ4n) is 1.83. The summed E-state index contributed by atoms with van der Waals surface area (Å²) >= 11 is 4.00. The van der Waals surface area contributed by atoms with Gasteiger partial charge >= 0.3 is 0 Å². The zero-order valence-corrected chi connectivity index (χ0v) is 9.94. The van der Waals surface area contributed by atoms with Crippen LogP contribution in [0, 0.1) is 0 Å². The van der Waals surface area contributed by atoms with E-state index in [1.807, 2.05) is 23.1 Å². The molecule has 16 heavy (non-hydrogen) atoms. The number of aromatic nitrogens is 1. The monoisotopic (exact) mass is 237 g/mol. The first-order valence-electron chi connectivity index (χ1n) is 5.36. The molecule has 0 spiro atoms. The lowest BCUT2D eigenvalue weighted by atomic mass is 10.3. The van der Waals surface area contributed by atoms with Crippen molar-refractivity contribution < 1.29 is 4.79 Å². The van der Waals surface area contributed by atoms with Crippen LogP contribution in [0.4, 0.5) is 5.82 Å². The van der Waals surface area contributed by atoms with Gasteiger partial charge in [-0.3, -0.25) is 4.79 Å². The first-order chi connectivity index (χ1) is 7.81. The highest BCUT2D eigenvalue weighted by molar-refractivity contribution is 7.81. The zero-order chi connectivity index (χ0) is 11.4. The van der Waals surface area contributed by atoms with E-state index in [0.717, 1.165) is 32.0 Å². The summed E-state index contributed by atoms with van der Waals surface area (Å²) in [6.45, 7) is 3.21. The van der Waals surface area contributed by atoms with Crippen LogP contribution in [0.1, 0.15) is 0 Å². The molecule has 86 valence electrons. The number of hydrogen-bond donors (Lipinski definition) is 1. The van der Waals surface area contributed by atoms with Gasteiger partial charge in [0.15, 0.2) is 0 Å². The largest absolute Gasteiger partial charge is 0.353 e. The van der Waals surface area contributed by atoms with Crippen molar-refractivity contribution in [1.82, 2.24) is 9.88 Å². The highest BCUT2D eigenvalue weighted by Crippen LogP contribution is 2.12. The summed E-state index contributed by atoms with van der Waals surface area (Å²) < 4.78 is 0. The highest BCUT2D eigenvalue weighted by Gasteiger charge is 2.20. The van der Waals surface area contributed by atoms with E-state index in [1.165, 1.54) is 0 Å². The Morgan fingerprint density at radius 3 is 2.62 bits per heavy atom. The Morgan fingerprint density at radius 1 is 1.31 bits per heavy atom. The minimum Gasteiger partial charge on any atom is -0.353 e. The van der Waals surface area contributed by atoms with Crippen LogP contribution in [-0.4, -0.2) is 47.7 Å². The number of rotatable bonds is 2. The molecular formula is C11H15N3OS. The number of anilines is 1. The normalized spacial score (nSPS) is 16.3. The van der Waals surface area contributed by atoms with E-state index in [1.54, 1.807) is 6.20 Å². The molecular weight excluding hydrogens is 222 g/mol. The van der Waals surface area contributed by atoms with Crippen LogP contribution in [0.15, 0.2) is 24.4 Å². The summed E-state index contributed by atoms with van der Waals surface area (Å²) in [7, 11) is 0. The molecule has 1 aromatic heterocycles. The Kier molecular flexibility index (Phi) is 3.66. The Bertz CT molecular complexity index is 350. The molecule has 0 aromatic carbocycles. The van der Waals surface area contributed by atoms with Crippen LogP contribution in [0.5, 0.6) is 0 Å². The lowest BCUT2D eigenvalue weighted by Crippen LogP contribution is -2.49. The van der Waals surface area contributed by atoms with E-state index in [4.69, 9.17) is 0 Å². The Morgan fingerprint density at radius 2 is 2.06 bits per heavy atom. The predicted molar refractivity (Wildman–Crippen MR) is 66.9 cm³/mol. The maximum Gasteiger partial charge on any atom is 0.232 e. The zero-order valence-electron chi connectivity index (χ0n) is 9.04. The van der Waals surface area contributed by atoms with Crippen molar-refractivity contribution >= 4 is 24.4 Å². The van der Waals surface area contributed by atoms with Crippen molar-refractivity contribution in [2.24, 2.45) is 0 Å². The van der Waals surface area contributed by atoms with E-state index < -0.39 is 0 Å². The lowest BCUT2D eigenvalue weighted by Gasteiger charge is -2.35. The van der Waals surface area contributed by atoms with Gasteiger partial charge in [0.1, 0.15) is 5.82 Å². The second-order valence-electron chi connectivity index (χ2n) is 3.71. The number of hydrogen-bond acceptors (Lipinski definition) is 4. The van der Waals surface area contributed by atoms with E-state index >= 15 is 0 Å². The number of amides is 1. The van der Waals surface area contributed by atoms with Gasteiger partial charge in [-0.1, -0.05) is 6.07 Å². The summed E-state index contributed by atoms with van der Waals surface area (Å²) in [5, 5.41) is 0. The van der Waals surface area contributed by atoms with Gasteiger partial charge in [-0.25, -0.2) is 4.98 Å². The molecule has 0 atom stereocenters. The third-order valence-corrected chi connectivity index (χ3v) is 3.01. The molecule has 0 N–H and O–H groups in total. The lowest BCUT2D eigenvalue weighted by molar-refractivity contribution is -0.128. The van der Waals surface area contributed by atoms with E-state index in [9.17, 15) is 4.79 Å². The fraction of sp³-hybridized carbons (Fsp3) is 0.455. The van der Waals surface area contributed by atoms with Gasteiger partial charge < -0.3 is 9.80 Å². The van der Waals surface area contributed by atoms with Crippen LogP contribution in [0.2, 0.25) is 0 Å². The van der Waals surface area contributed by atoms with Crippen LogP contribution in [0.3, 0.4) is 0 Å². The predicted octanol–water partition coefficient (Wildman–Crippen LogP) is 0.660. The van der Waals surface area contributed by atoms with Gasteiger partial charge in [0.05, 0.1) is 5.75 Å². The molecule has 0 bridgehead atoms. The number of nitrogens with zero attached hydrogens (tertiary/aromatic N) is 3. The molecule has 1 aromatic rings. The average molecular weight is 237 g/mol. The Hall–Kier alpha value is -1.23. The van der Waals surface area contributed by atoms with Crippen molar-refractivity contribution in [2.75, 3.05) is 36.8 Å². The molecule has 1 saturated heterocycles. The first kappa shape index (κ1) is 11.3. The molecule has 1 fully saturated rings. The van der Waals surface area contributed by atoms with Gasteiger partial charge in [-0.2, -0.15) is 12.6 Å². The van der Waals surface area contributed by atoms with Gasteiger partial charge in [-0.05, 0) is 12.1 Å². The van der Waals surface area contributed by atoms with Gasteiger partial charge in [-0.15, -0.1) is 0 Å². The highest BCUT2D eigenvalue weighted by atomic mass is 32.1. The maximum atomic E-state index is 11.4. The van der Waals surface area contributed by atoms with Crippen molar-refractivity contribution in [2.45, 2.75) is 0 Å². The quantitative estimate of drug-likeness (QED) is 0.768. The SMILES string of the molecule is O=C(CS)N1CCN(c2ccccn2)CC1. The molecule has 0 radical (unpaired) electrons. The van der Waals surface area contributed by atoms with Crippen molar-refractivity contribution in [3.63, 3.8) is 0 Å². The summed E-state index contributed by atoms with van der Waals surface area (Å²) in [6.07, 6.45) is 1.79. The summed E-state index contributed by atoms with van der Waals surface area (Å²) in [6, 6.07) is 5.88. The van der Waals surface area contributed by atoms with Gasteiger partial charge in [0.25, 0.3) is 0 Å². The van der Waals surface area contributed by atoms with Crippen LogP contribution < -0.4 is 4.90 Å². The number of thiol groups is 1. The van der Waals surface area contributed by atoms with Gasteiger partial charge in [0, 0.05) is 32.4 Å². The van der Waals surface area contributed by atoms with E-state index in [2.05, 4.69) is 22.5 Å². The van der Waals surface area contributed by atoms with Gasteiger partial charge in [0.2, 0.25) is 5.91 Å². The Balaban J connectivity index is 1.93. The minimum absolute atomic E-state index is 0.115. The van der Waals surface area contributed by atoms with Crippen LogP contribution in [0.25, 0.3) is 0 Å². The molecule has 5 heteroatoms. The summed E-state index contributed by atoms with van der Waals surface area (Å²) in [5.74, 6) is 1.40. The standard InChI is InChI=1S/C11H15N3OS/c15-11(9-16)14-7-5-13(6-8-14)10-3-1-2-4-12-10/h1-4,16H,5-9H2. The number of carbonyl (C=O) groups excluding carboxylic acids is 1. The topological polar surface area (TPSA) is 36.4 Å². The average Bonchev–Trinajstić information content (AvgIpc) is 2.39. The molecule has 0 saturated carbocycles. The first-order valence-corrected chi connectivity index (χ1v) is 5.99. The number of carbonyl (C=O) groups is 1. The summed E-state index contributed by atoms with van der Waals surface area (Å²) in [5.41, 5.74) is 0. The third-order valence-electron chi connectivity index (χ3n) is 2.74. The van der Waals surface area contributed by atoms with E-state index in [0.29, 0.717) is 5.75 Å². The molecule has 1 amide bonds. The maximum absolute atomic E-state index is 11.4. The van der Waals surface area contributed by atoms with Crippen molar-refractivity contribution in [3.8, 4) is 0 Å². The molecule has 1 aliphatic rings. The Labute approximate surface area is 101 Å². The smallest absolute Gasteiger partial charge is 0.232 e. The summed E-state index contributed by atoms with van der Waals surface area (Å²) in [4.78, 5) is 19.8. The second kappa shape index (κ2) is 5.21. The molecule has 2 heterocycles. The molecule has 1 aliphatic heterocycles. The molecule has 0 aliphatic carbocycles. The van der Waals surface area contributed by atoms with E-state index in [-0.39, 0.29) is 5.91 Å². The second-order valence-corrected chi connectivity index (χ2v) is 4.03. The van der Waals surface area contributed by atoms with Crippen LogP contribution >= 0.6 is 12.6 Å². The molecule has 4 nitrogen and oxygen atoms in total. The van der Waals surface area contributed by atoms with Crippen LogP contribution in [-0.2, 0) is 4.79 Å². The number of piperazine rings is 1. The fourth-order valence-corrected chi connectivity index (χ4v) is 2.03. The minimum atomic E-state index is 0.115. The third kappa shape index (κ3) is 2.47. The molecule has 0 unspecified atom stereocenters.